The van der Waals surface area contributed by atoms with E-state index < -0.39 is 0 Å². The molecule has 4 rings (SSSR count). The second-order valence-electron chi connectivity index (χ2n) is 6.71. The first kappa shape index (κ1) is 14.3. The summed E-state index contributed by atoms with van der Waals surface area (Å²) in [5.41, 5.74) is 5.82. The smallest absolute Gasteiger partial charge is 0.0271 e. The van der Waals surface area contributed by atoms with E-state index in [1.165, 1.54) is 35.1 Å². The molecule has 1 atom stereocenters. The Morgan fingerprint density at radius 3 is 1.65 bits per heavy atom. The molecule has 0 N–H and O–H groups in total. The van der Waals surface area contributed by atoms with Crippen LogP contribution in [0.1, 0.15) is 41.0 Å². The Labute approximate surface area is 138 Å². The van der Waals surface area contributed by atoms with E-state index in [1.54, 1.807) is 0 Å². The van der Waals surface area contributed by atoms with Crippen molar-refractivity contribution in [3.8, 4) is 0 Å². The maximum absolute atomic E-state index is 2.32. The molecular formula is C23H22. The van der Waals surface area contributed by atoms with Crippen LogP contribution in [0.5, 0.6) is 0 Å². The highest BCUT2D eigenvalue weighted by Crippen LogP contribution is 2.58. The molecule has 0 heteroatoms. The molecule has 0 saturated heterocycles. The van der Waals surface area contributed by atoms with Gasteiger partial charge in [0.1, 0.15) is 0 Å². The van der Waals surface area contributed by atoms with E-state index >= 15 is 0 Å². The van der Waals surface area contributed by atoms with Crippen LogP contribution in [0.25, 0.3) is 0 Å². The topological polar surface area (TPSA) is 0 Å². The van der Waals surface area contributed by atoms with Gasteiger partial charge in [0.05, 0.1) is 0 Å². The number of hydrogen-bond acceptors (Lipinski definition) is 0. The highest BCUT2D eigenvalue weighted by atomic mass is 14.5. The van der Waals surface area contributed by atoms with Gasteiger partial charge in [-0.15, -0.1) is 0 Å². The monoisotopic (exact) mass is 298 g/mol. The quantitative estimate of drug-likeness (QED) is 0.568. The zero-order chi connectivity index (χ0) is 15.7. The lowest BCUT2D eigenvalue weighted by atomic mass is 9.52. The molecule has 1 aliphatic rings. The van der Waals surface area contributed by atoms with Gasteiger partial charge in [0.2, 0.25) is 0 Å². The van der Waals surface area contributed by atoms with Crippen molar-refractivity contribution in [2.75, 3.05) is 0 Å². The van der Waals surface area contributed by atoms with Crippen molar-refractivity contribution < 1.29 is 0 Å². The summed E-state index contributed by atoms with van der Waals surface area (Å²) in [6.07, 6.45) is 2.48. The molecule has 0 aliphatic heterocycles. The van der Waals surface area contributed by atoms with Gasteiger partial charge in [0.25, 0.3) is 0 Å². The minimum absolute atomic E-state index is 0.123. The molecule has 0 nitrogen and oxygen atoms in total. The van der Waals surface area contributed by atoms with Gasteiger partial charge in [0.15, 0.2) is 0 Å². The maximum Gasteiger partial charge on any atom is 0.0271 e. The van der Waals surface area contributed by atoms with Crippen molar-refractivity contribution >= 4 is 0 Å². The van der Waals surface area contributed by atoms with Gasteiger partial charge in [-0.25, -0.2) is 0 Å². The molecule has 1 saturated carbocycles. The molecule has 114 valence electrons. The number of hydrogen-bond donors (Lipinski definition) is 0. The van der Waals surface area contributed by atoms with Gasteiger partial charge in [-0.2, -0.15) is 0 Å². The Morgan fingerprint density at radius 1 is 0.696 bits per heavy atom. The molecule has 0 heterocycles. The second-order valence-corrected chi connectivity index (χ2v) is 6.71. The van der Waals surface area contributed by atoms with E-state index in [9.17, 15) is 0 Å². The lowest BCUT2D eigenvalue weighted by Crippen LogP contribution is -2.43. The van der Waals surface area contributed by atoms with Gasteiger partial charge < -0.3 is 0 Å². The zero-order valence-electron chi connectivity index (χ0n) is 13.6. The van der Waals surface area contributed by atoms with Gasteiger partial charge in [-0.1, -0.05) is 90.5 Å². The molecule has 0 radical (unpaired) electrons. The van der Waals surface area contributed by atoms with Crippen molar-refractivity contribution in [2.45, 2.75) is 31.1 Å². The van der Waals surface area contributed by atoms with Crippen molar-refractivity contribution in [3.63, 3.8) is 0 Å². The Kier molecular flexibility index (Phi) is 3.53. The fraction of sp³-hybridized carbons (Fsp3) is 0.217. The van der Waals surface area contributed by atoms with Crippen molar-refractivity contribution in [1.29, 1.82) is 0 Å². The highest BCUT2D eigenvalue weighted by Gasteiger charge is 2.49. The molecule has 1 unspecified atom stereocenters. The maximum atomic E-state index is 2.32. The molecule has 1 fully saturated rings. The Morgan fingerprint density at radius 2 is 1.22 bits per heavy atom. The Balaban J connectivity index is 1.86. The number of rotatable bonds is 3. The van der Waals surface area contributed by atoms with E-state index in [4.69, 9.17) is 0 Å². The summed E-state index contributed by atoms with van der Waals surface area (Å²) >= 11 is 0. The minimum Gasteiger partial charge on any atom is -0.0622 e. The molecule has 0 aromatic heterocycles. The molecule has 1 aliphatic carbocycles. The van der Waals surface area contributed by atoms with Crippen LogP contribution in [0.3, 0.4) is 0 Å². The summed E-state index contributed by atoms with van der Waals surface area (Å²) in [4.78, 5) is 0. The van der Waals surface area contributed by atoms with Crippen molar-refractivity contribution in [2.24, 2.45) is 0 Å². The molecule has 23 heavy (non-hydrogen) atoms. The average Bonchev–Trinajstić information content (AvgIpc) is 2.58. The van der Waals surface area contributed by atoms with Crippen LogP contribution in [0, 0.1) is 6.92 Å². The van der Waals surface area contributed by atoms with Crippen LogP contribution in [0.2, 0.25) is 0 Å². The molecule has 0 spiro atoms. The summed E-state index contributed by atoms with van der Waals surface area (Å²) in [7, 11) is 0. The average molecular weight is 298 g/mol. The van der Waals surface area contributed by atoms with Crippen LogP contribution < -0.4 is 0 Å². The first-order chi connectivity index (χ1) is 11.3. The zero-order valence-corrected chi connectivity index (χ0v) is 13.6. The number of aryl methyl sites for hydroxylation is 1. The summed E-state index contributed by atoms with van der Waals surface area (Å²) < 4.78 is 0. The predicted molar refractivity (Wildman–Crippen MR) is 96.8 cm³/mol. The molecule has 3 aromatic carbocycles. The summed E-state index contributed by atoms with van der Waals surface area (Å²) in [6, 6.07) is 31.2. The lowest BCUT2D eigenvalue weighted by molar-refractivity contribution is 0.241. The molecular weight excluding hydrogens is 276 g/mol. The third kappa shape index (κ3) is 2.30. The van der Waals surface area contributed by atoms with Crippen molar-refractivity contribution in [3.05, 3.63) is 107 Å². The first-order valence-electron chi connectivity index (χ1n) is 8.48. The fourth-order valence-corrected chi connectivity index (χ4v) is 4.16. The second kappa shape index (κ2) is 5.70. The predicted octanol–water partition coefficient (Wildman–Crippen LogP) is 5.86. The van der Waals surface area contributed by atoms with E-state index in [-0.39, 0.29) is 5.41 Å². The van der Waals surface area contributed by atoms with Gasteiger partial charge in [-0.3, -0.25) is 0 Å². The normalized spacial score (nSPS) is 19.1. The fourth-order valence-electron chi connectivity index (χ4n) is 4.16. The van der Waals surface area contributed by atoms with Gasteiger partial charge in [-0.05, 0) is 42.4 Å². The van der Waals surface area contributed by atoms with Crippen LogP contribution in [-0.4, -0.2) is 0 Å². The number of benzene rings is 3. The SMILES string of the molecule is Cc1ccc(C2CCC2(c2ccccc2)c2ccccc2)cc1. The summed E-state index contributed by atoms with van der Waals surface area (Å²) in [5, 5.41) is 0. The minimum atomic E-state index is 0.123. The lowest BCUT2D eigenvalue weighted by Gasteiger charge is -2.51. The van der Waals surface area contributed by atoms with Crippen LogP contribution in [-0.2, 0) is 5.41 Å². The van der Waals surface area contributed by atoms with Crippen LogP contribution >= 0.6 is 0 Å². The molecule has 0 bridgehead atoms. The van der Waals surface area contributed by atoms with E-state index in [0.29, 0.717) is 5.92 Å². The first-order valence-corrected chi connectivity index (χ1v) is 8.48. The van der Waals surface area contributed by atoms with E-state index in [2.05, 4.69) is 91.9 Å². The van der Waals surface area contributed by atoms with E-state index in [0.717, 1.165) is 0 Å². The summed E-state index contributed by atoms with van der Waals surface area (Å²) in [6.45, 7) is 2.16. The van der Waals surface area contributed by atoms with Gasteiger partial charge in [0, 0.05) is 5.41 Å². The van der Waals surface area contributed by atoms with Crippen LogP contribution in [0.4, 0.5) is 0 Å². The van der Waals surface area contributed by atoms with Crippen LogP contribution in [0.15, 0.2) is 84.9 Å². The van der Waals surface area contributed by atoms with Gasteiger partial charge >= 0.3 is 0 Å². The Hall–Kier alpha value is -2.34. The highest BCUT2D eigenvalue weighted by molar-refractivity contribution is 5.48. The van der Waals surface area contributed by atoms with E-state index in [1.807, 2.05) is 0 Å². The third-order valence-electron chi connectivity index (χ3n) is 5.48. The summed E-state index contributed by atoms with van der Waals surface area (Å²) in [5.74, 6) is 0.563. The largest absolute Gasteiger partial charge is 0.0622 e. The third-order valence-corrected chi connectivity index (χ3v) is 5.48. The standard InChI is InChI=1S/C23H22/c1-18-12-14-19(15-13-18)22-16-17-23(22,20-8-4-2-5-9-20)21-10-6-3-7-11-21/h2-15,22H,16-17H2,1H3. The van der Waals surface area contributed by atoms with Crippen molar-refractivity contribution in [1.82, 2.24) is 0 Å². The Bertz CT molecular complexity index is 730. The molecule has 0 amide bonds. The molecule has 3 aromatic rings.